The van der Waals surface area contributed by atoms with E-state index in [2.05, 4.69) is 15.4 Å². The average Bonchev–Trinajstić information content (AvgIpc) is 3.15. The molecule has 2 aromatic heterocycles. The lowest BCUT2D eigenvalue weighted by Gasteiger charge is -2.24. The van der Waals surface area contributed by atoms with E-state index in [4.69, 9.17) is 5.73 Å². The number of nitrogens with one attached hydrogen (secondary N) is 1. The molecule has 1 amide bonds. The predicted octanol–water partition coefficient (Wildman–Crippen LogP) is 3.45. The van der Waals surface area contributed by atoms with Gasteiger partial charge in [-0.05, 0) is 66.8 Å². The van der Waals surface area contributed by atoms with Gasteiger partial charge in [0, 0.05) is 18.3 Å². The Morgan fingerprint density at radius 2 is 1.94 bits per heavy atom. The Labute approximate surface area is 184 Å². The maximum absolute atomic E-state index is 14.7. The number of aromatic nitrogens is 3. The van der Waals surface area contributed by atoms with Gasteiger partial charge in [0.05, 0.1) is 5.60 Å². The molecule has 4 rings (SSSR count). The van der Waals surface area contributed by atoms with Gasteiger partial charge in [0.25, 0.3) is 5.91 Å². The SMILES string of the molecule is Cc1c(F)cc(-c2ccn3nc(N)nc3c2)cc1C(=O)NCCC(C)(O)c1ccccc1. The van der Waals surface area contributed by atoms with E-state index in [-0.39, 0.29) is 23.6 Å². The van der Waals surface area contributed by atoms with E-state index in [1.807, 2.05) is 30.3 Å². The molecule has 164 valence electrons. The molecule has 0 bridgehead atoms. The number of nitrogens with zero attached hydrogens (tertiary/aromatic N) is 3. The Hall–Kier alpha value is -3.78. The van der Waals surface area contributed by atoms with Crippen LogP contribution in [0.2, 0.25) is 0 Å². The molecule has 2 aromatic carbocycles. The monoisotopic (exact) mass is 433 g/mol. The zero-order valence-electron chi connectivity index (χ0n) is 17.8. The minimum atomic E-state index is -1.09. The molecule has 0 saturated carbocycles. The molecule has 0 fully saturated rings. The van der Waals surface area contributed by atoms with Crippen LogP contribution in [0.3, 0.4) is 0 Å². The van der Waals surface area contributed by atoms with Gasteiger partial charge in [-0.25, -0.2) is 8.91 Å². The number of amides is 1. The number of carbonyl (C=O) groups is 1. The molecule has 4 N–H and O–H groups in total. The summed E-state index contributed by atoms with van der Waals surface area (Å²) in [6.07, 6.45) is 1.99. The molecule has 0 spiro atoms. The minimum Gasteiger partial charge on any atom is -0.385 e. The first kappa shape index (κ1) is 21.5. The maximum atomic E-state index is 14.7. The second-order valence-corrected chi connectivity index (χ2v) is 7.96. The Bertz CT molecular complexity index is 1280. The fourth-order valence-electron chi connectivity index (χ4n) is 3.62. The van der Waals surface area contributed by atoms with Gasteiger partial charge < -0.3 is 16.2 Å². The molecular weight excluding hydrogens is 409 g/mol. The number of hydrogen-bond donors (Lipinski definition) is 3. The van der Waals surface area contributed by atoms with E-state index >= 15 is 0 Å². The van der Waals surface area contributed by atoms with Gasteiger partial charge >= 0.3 is 0 Å². The van der Waals surface area contributed by atoms with Crippen molar-refractivity contribution in [2.45, 2.75) is 25.9 Å². The third-order valence-corrected chi connectivity index (χ3v) is 5.57. The normalized spacial score (nSPS) is 13.1. The fraction of sp³-hybridized carbons (Fsp3) is 0.208. The first-order valence-electron chi connectivity index (χ1n) is 10.2. The summed E-state index contributed by atoms with van der Waals surface area (Å²) in [6.45, 7) is 3.50. The predicted molar refractivity (Wildman–Crippen MR) is 120 cm³/mol. The van der Waals surface area contributed by atoms with Gasteiger partial charge in [0.1, 0.15) is 5.82 Å². The average molecular weight is 433 g/mol. The molecular formula is C24H24FN5O2. The summed E-state index contributed by atoms with van der Waals surface area (Å²) in [7, 11) is 0. The van der Waals surface area contributed by atoms with E-state index in [0.717, 1.165) is 5.56 Å². The Balaban J connectivity index is 1.53. The van der Waals surface area contributed by atoms with Crippen LogP contribution in [-0.4, -0.2) is 32.2 Å². The molecule has 4 aromatic rings. The van der Waals surface area contributed by atoms with Gasteiger partial charge in [0.2, 0.25) is 5.95 Å². The highest BCUT2D eigenvalue weighted by atomic mass is 19.1. The zero-order valence-corrected chi connectivity index (χ0v) is 17.8. The van der Waals surface area contributed by atoms with Crippen molar-refractivity contribution in [3.05, 3.63) is 83.3 Å². The van der Waals surface area contributed by atoms with Crippen LogP contribution >= 0.6 is 0 Å². The molecule has 8 heteroatoms. The van der Waals surface area contributed by atoms with E-state index in [9.17, 15) is 14.3 Å². The summed E-state index contributed by atoms with van der Waals surface area (Å²) in [5, 5.41) is 17.5. The van der Waals surface area contributed by atoms with E-state index in [1.54, 1.807) is 38.2 Å². The second-order valence-electron chi connectivity index (χ2n) is 7.96. The molecule has 2 heterocycles. The molecule has 0 radical (unpaired) electrons. The maximum Gasteiger partial charge on any atom is 0.251 e. The van der Waals surface area contributed by atoms with Crippen molar-refractivity contribution in [3.8, 4) is 11.1 Å². The van der Waals surface area contributed by atoms with Crippen LogP contribution < -0.4 is 11.1 Å². The van der Waals surface area contributed by atoms with Gasteiger partial charge in [-0.1, -0.05) is 30.3 Å². The number of pyridine rings is 1. The summed E-state index contributed by atoms with van der Waals surface area (Å²) < 4.78 is 16.2. The number of rotatable bonds is 6. The van der Waals surface area contributed by atoms with E-state index < -0.39 is 17.3 Å². The van der Waals surface area contributed by atoms with E-state index in [1.165, 1.54) is 10.6 Å². The number of fused-ring (bicyclic) bond motifs is 1. The van der Waals surface area contributed by atoms with Crippen LogP contribution in [0.25, 0.3) is 16.8 Å². The first-order chi connectivity index (χ1) is 15.2. The zero-order chi connectivity index (χ0) is 22.9. The van der Waals surface area contributed by atoms with Gasteiger partial charge in [0.15, 0.2) is 5.65 Å². The third kappa shape index (κ3) is 4.31. The number of nitrogens with two attached hydrogens (primary N) is 1. The number of nitrogen functional groups attached to an aromatic ring is 1. The largest absolute Gasteiger partial charge is 0.385 e. The van der Waals surface area contributed by atoms with Crippen LogP contribution in [0.1, 0.15) is 34.8 Å². The van der Waals surface area contributed by atoms with Crippen molar-refractivity contribution >= 4 is 17.5 Å². The lowest BCUT2D eigenvalue weighted by molar-refractivity contribution is 0.0475. The van der Waals surface area contributed by atoms with Gasteiger partial charge in [-0.15, -0.1) is 5.10 Å². The van der Waals surface area contributed by atoms with Crippen molar-refractivity contribution in [1.82, 2.24) is 19.9 Å². The van der Waals surface area contributed by atoms with Crippen molar-refractivity contribution in [1.29, 1.82) is 0 Å². The summed E-state index contributed by atoms with van der Waals surface area (Å²) in [6, 6.07) is 15.8. The van der Waals surface area contributed by atoms with E-state index in [0.29, 0.717) is 23.2 Å². The first-order valence-corrected chi connectivity index (χ1v) is 10.2. The van der Waals surface area contributed by atoms with Crippen molar-refractivity contribution < 1.29 is 14.3 Å². The topological polar surface area (TPSA) is 106 Å². The summed E-state index contributed by atoms with van der Waals surface area (Å²) in [5.41, 5.74) is 7.55. The van der Waals surface area contributed by atoms with Gasteiger partial charge in [-0.2, -0.15) is 4.98 Å². The molecule has 1 unspecified atom stereocenters. The summed E-state index contributed by atoms with van der Waals surface area (Å²) >= 11 is 0. The van der Waals surface area contributed by atoms with Crippen molar-refractivity contribution in [3.63, 3.8) is 0 Å². The van der Waals surface area contributed by atoms with Crippen LogP contribution in [-0.2, 0) is 5.60 Å². The molecule has 7 nitrogen and oxygen atoms in total. The Morgan fingerprint density at radius 3 is 2.69 bits per heavy atom. The molecule has 0 saturated heterocycles. The fourth-order valence-corrected chi connectivity index (χ4v) is 3.62. The van der Waals surface area contributed by atoms with Crippen LogP contribution in [0.5, 0.6) is 0 Å². The molecule has 32 heavy (non-hydrogen) atoms. The van der Waals surface area contributed by atoms with Crippen LogP contribution in [0.15, 0.2) is 60.8 Å². The van der Waals surface area contributed by atoms with Crippen LogP contribution in [0.4, 0.5) is 10.3 Å². The molecule has 0 aliphatic heterocycles. The number of benzene rings is 2. The highest BCUT2D eigenvalue weighted by Gasteiger charge is 2.23. The quantitative estimate of drug-likeness (QED) is 0.432. The Kier molecular flexibility index (Phi) is 5.63. The van der Waals surface area contributed by atoms with Crippen molar-refractivity contribution in [2.75, 3.05) is 12.3 Å². The Morgan fingerprint density at radius 1 is 1.19 bits per heavy atom. The number of hydrogen-bond acceptors (Lipinski definition) is 5. The third-order valence-electron chi connectivity index (χ3n) is 5.57. The standard InChI is InChI=1S/C24H24FN5O2/c1-15-19(22(31)27-10-9-24(2,32)18-6-4-3-5-7-18)12-17(13-20(15)25)16-8-11-30-21(14-16)28-23(26)29-30/h3-8,11-14,32H,9-10H2,1-2H3,(H2,26,29)(H,27,31). The lowest BCUT2D eigenvalue weighted by atomic mass is 9.92. The molecule has 0 aliphatic carbocycles. The number of anilines is 1. The minimum absolute atomic E-state index is 0.142. The second kappa shape index (κ2) is 8.39. The highest BCUT2D eigenvalue weighted by Crippen LogP contribution is 2.27. The van der Waals surface area contributed by atoms with Gasteiger partial charge in [-0.3, -0.25) is 4.79 Å². The molecule has 0 aliphatic rings. The number of carbonyl (C=O) groups excluding carboxylic acids is 1. The smallest absolute Gasteiger partial charge is 0.251 e. The summed E-state index contributed by atoms with van der Waals surface area (Å²) in [5.74, 6) is -0.742. The number of aliphatic hydroxyl groups is 1. The summed E-state index contributed by atoms with van der Waals surface area (Å²) in [4.78, 5) is 17.0. The van der Waals surface area contributed by atoms with Crippen molar-refractivity contribution in [2.24, 2.45) is 0 Å². The highest BCUT2D eigenvalue weighted by molar-refractivity contribution is 5.97. The molecule has 1 atom stereocenters. The lowest BCUT2D eigenvalue weighted by Crippen LogP contribution is -2.31. The number of halogens is 1. The van der Waals surface area contributed by atoms with Crippen LogP contribution in [0, 0.1) is 12.7 Å².